The van der Waals surface area contributed by atoms with Crippen molar-refractivity contribution in [3.05, 3.63) is 77.5 Å². The minimum Gasteiger partial charge on any atom is -0.398 e. The van der Waals surface area contributed by atoms with Crippen LogP contribution >= 0.6 is 0 Å². The van der Waals surface area contributed by atoms with Gasteiger partial charge in [-0.1, -0.05) is 31.7 Å². The number of allylic oxidation sites excluding steroid dienone is 1. The van der Waals surface area contributed by atoms with Crippen LogP contribution in [0.4, 0.5) is 5.69 Å². The average Bonchev–Trinajstić information content (AvgIpc) is 3.41. The lowest BCUT2D eigenvalue weighted by Gasteiger charge is -2.22. The Kier molecular flexibility index (Phi) is 6.15. The highest BCUT2D eigenvalue weighted by atomic mass is 15.1. The molecule has 2 aromatic heterocycles. The summed E-state index contributed by atoms with van der Waals surface area (Å²) in [4.78, 5) is 11.0. The van der Waals surface area contributed by atoms with Gasteiger partial charge in [0.2, 0.25) is 0 Å². The van der Waals surface area contributed by atoms with Gasteiger partial charge in [-0.15, -0.1) is 0 Å². The normalized spacial score (nSPS) is 12.9. The number of nitriles is 1. The lowest BCUT2D eigenvalue weighted by atomic mass is 10.00. The third-order valence-corrected chi connectivity index (χ3v) is 5.92. The van der Waals surface area contributed by atoms with Crippen molar-refractivity contribution < 1.29 is 0 Å². The van der Waals surface area contributed by atoms with Gasteiger partial charge in [-0.2, -0.15) is 5.26 Å². The van der Waals surface area contributed by atoms with Gasteiger partial charge in [0.1, 0.15) is 18.2 Å². The fraction of sp³-hybridized carbons (Fsp3) is 0.320. The molecule has 0 fully saturated rings. The molecule has 0 atom stereocenters. The third kappa shape index (κ3) is 4.52. The number of benzene rings is 1. The van der Waals surface area contributed by atoms with E-state index in [1.807, 2.05) is 18.3 Å². The lowest BCUT2D eigenvalue weighted by Crippen LogP contribution is -2.27. The Bertz CT molecular complexity index is 1120. The number of nitrogens with zero attached hydrogens (tertiary/aromatic N) is 5. The van der Waals surface area contributed by atoms with Crippen LogP contribution in [0.25, 0.3) is 11.4 Å². The van der Waals surface area contributed by atoms with E-state index in [2.05, 4.69) is 46.6 Å². The van der Waals surface area contributed by atoms with Gasteiger partial charge >= 0.3 is 0 Å². The summed E-state index contributed by atoms with van der Waals surface area (Å²) >= 11 is 0. The standard InChI is InChI=1S/C25H28N6/c1-3-11-30(12-10-20-6-8-22-18(2)4-7-23(22)25(20)27)15-19-5-9-24(28-14-19)31-16-21(13-26)29-17-31/h5-6,8-9,14,16-17H,2-4,7,10-12,15,27H2,1H3. The van der Waals surface area contributed by atoms with Gasteiger partial charge < -0.3 is 5.73 Å². The second kappa shape index (κ2) is 9.15. The van der Waals surface area contributed by atoms with Crippen molar-refractivity contribution in [1.29, 1.82) is 5.26 Å². The summed E-state index contributed by atoms with van der Waals surface area (Å²) in [7, 11) is 0. The predicted octanol–water partition coefficient (Wildman–Crippen LogP) is 4.14. The molecular weight excluding hydrogens is 384 g/mol. The van der Waals surface area contributed by atoms with Crippen molar-refractivity contribution in [2.75, 3.05) is 18.8 Å². The number of nitrogens with two attached hydrogens (primary N) is 1. The van der Waals surface area contributed by atoms with Crippen molar-refractivity contribution in [3.8, 4) is 11.9 Å². The molecule has 3 aromatic rings. The Hall–Kier alpha value is -3.43. The van der Waals surface area contributed by atoms with E-state index in [9.17, 15) is 0 Å². The smallest absolute Gasteiger partial charge is 0.158 e. The van der Waals surface area contributed by atoms with Crippen LogP contribution in [-0.2, 0) is 19.4 Å². The number of hydrogen-bond acceptors (Lipinski definition) is 5. The fourth-order valence-electron chi connectivity index (χ4n) is 4.23. The molecule has 2 heterocycles. The first-order chi connectivity index (χ1) is 15.1. The van der Waals surface area contributed by atoms with E-state index in [1.54, 1.807) is 17.1 Å². The van der Waals surface area contributed by atoms with Crippen LogP contribution in [0.3, 0.4) is 0 Å². The molecule has 1 aromatic carbocycles. The molecule has 0 saturated heterocycles. The molecule has 2 N–H and O–H groups in total. The maximum absolute atomic E-state index is 8.94. The zero-order chi connectivity index (χ0) is 21.8. The number of fused-ring (bicyclic) bond motifs is 1. The van der Waals surface area contributed by atoms with Crippen LogP contribution in [0.5, 0.6) is 0 Å². The van der Waals surface area contributed by atoms with E-state index in [0.717, 1.165) is 62.4 Å². The first-order valence-electron chi connectivity index (χ1n) is 10.8. The van der Waals surface area contributed by atoms with E-state index in [1.165, 1.54) is 22.3 Å². The average molecular weight is 413 g/mol. The minimum absolute atomic E-state index is 0.384. The highest BCUT2D eigenvalue weighted by molar-refractivity contribution is 5.77. The highest BCUT2D eigenvalue weighted by Gasteiger charge is 2.19. The van der Waals surface area contributed by atoms with Crippen LogP contribution in [0.15, 0.2) is 49.6 Å². The second-order valence-corrected chi connectivity index (χ2v) is 8.10. The molecule has 1 aliphatic rings. The van der Waals surface area contributed by atoms with Crippen LogP contribution in [-0.4, -0.2) is 32.5 Å². The molecule has 0 aliphatic heterocycles. The van der Waals surface area contributed by atoms with Gasteiger partial charge in [0, 0.05) is 31.2 Å². The summed E-state index contributed by atoms with van der Waals surface area (Å²) in [5.41, 5.74) is 14.0. The van der Waals surface area contributed by atoms with Crippen molar-refractivity contribution >= 4 is 11.3 Å². The summed E-state index contributed by atoms with van der Waals surface area (Å²) in [6, 6.07) is 10.5. The Balaban J connectivity index is 1.41. The number of hydrogen-bond donors (Lipinski definition) is 1. The Morgan fingerprint density at radius 3 is 2.77 bits per heavy atom. The quantitative estimate of drug-likeness (QED) is 0.562. The summed E-state index contributed by atoms with van der Waals surface area (Å²) in [6.45, 7) is 9.18. The molecule has 0 amide bonds. The zero-order valence-electron chi connectivity index (χ0n) is 18.0. The van der Waals surface area contributed by atoms with E-state index in [4.69, 9.17) is 11.0 Å². The molecule has 4 rings (SSSR count). The molecule has 0 radical (unpaired) electrons. The molecule has 6 heteroatoms. The molecule has 1 aliphatic carbocycles. The molecule has 0 unspecified atom stereocenters. The maximum Gasteiger partial charge on any atom is 0.158 e. The van der Waals surface area contributed by atoms with E-state index in [0.29, 0.717) is 5.69 Å². The summed E-state index contributed by atoms with van der Waals surface area (Å²) in [5, 5.41) is 8.94. The number of anilines is 1. The van der Waals surface area contributed by atoms with E-state index >= 15 is 0 Å². The molecule has 158 valence electrons. The van der Waals surface area contributed by atoms with Crippen LogP contribution in [0.1, 0.15) is 47.7 Å². The number of imidazole rings is 1. The largest absolute Gasteiger partial charge is 0.398 e. The van der Waals surface area contributed by atoms with Crippen LogP contribution in [0.2, 0.25) is 0 Å². The van der Waals surface area contributed by atoms with Gasteiger partial charge in [0.15, 0.2) is 5.69 Å². The molecule has 0 saturated carbocycles. The third-order valence-electron chi connectivity index (χ3n) is 5.92. The van der Waals surface area contributed by atoms with Crippen molar-refractivity contribution in [3.63, 3.8) is 0 Å². The highest BCUT2D eigenvalue weighted by Crippen LogP contribution is 2.36. The number of rotatable bonds is 8. The number of nitrogen functional groups attached to an aromatic ring is 1. The van der Waals surface area contributed by atoms with E-state index in [-0.39, 0.29) is 0 Å². The first kappa shape index (κ1) is 20.8. The molecule has 6 nitrogen and oxygen atoms in total. The topological polar surface area (TPSA) is 83.8 Å². The maximum atomic E-state index is 8.94. The first-order valence-corrected chi connectivity index (χ1v) is 10.8. The Morgan fingerprint density at radius 1 is 1.19 bits per heavy atom. The van der Waals surface area contributed by atoms with Gasteiger partial charge in [-0.05, 0) is 66.1 Å². The minimum atomic E-state index is 0.384. The summed E-state index contributed by atoms with van der Waals surface area (Å²) in [5.74, 6) is 0.757. The molecule has 31 heavy (non-hydrogen) atoms. The number of pyridine rings is 1. The lowest BCUT2D eigenvalue weighted by molar-refractivity contribution is 0.269. The van der Waals surface area contributed by atoms with Gasteiger partial charge in [0.05, 0.1) is 0 Å². The SMILES string of the molecule is C=C1CCc2c1ccc(CCN(CCC)Cc1ccc(-n3cnc(C#N)c3)nc1)c2N. The van der Waals surface area contributed by atoms with E-state index < -0.39 is 0 Å². The molecule has 0 bridgehead atoms. The summed E-state index contributed by atoms with van der Waals surface area (Å²) in [6.07, 6.45) is 9.25. The Morgan fingerprint density at radius 2 is 2.06 bits per heavy atom. The number of aromatic nitrogens is 3. The summed E-state index contributed by atoms with van der Waals surface area (Å²) < 4.78 is 1.76. The van der Waals surface area contributed by atoms with Gasteiger partial charge in [0.25, 0.3) is 0 Å². The van der Waals surface area contributed by atoms with Crippen molar-refractivity contribution in [2.24, 2.45) is 0 Å². The van der Waals surface area contributed by atoms with Crippen LogP contribution in [0, 0.1) is 11.3 Å². The van der Waals surface area contributed by atoms with Crippen molar-refractivity contribution in [1.82, 2.24) is 19.4 Å². The fourth-order valence-corrected chi connectivity index (χ4v) is 4.23. The zero-order valence-corrected chi connectivity index (χ0v) is 18.0. The second-order valence-electron chi connectivity index (χ2n) is 8.10. The van der Waals surface area contributed by atoms with Crippen molar-refractivity contribution in [2.45, 2.75) is 39.2 Å². The van der Waals surface area contributed by atoms with Gasteiger partial charge in [-0.3, -0.25) is 9.47 Å². The predicted molar refractivity (Wildman–Crippen MR) is 124 cm³/mol. The molecular formula is C25H28N6. The van der Waals surface area contributed by atoms with Gasteiger partial charge in [-0.25, -0.2) is 9.97 Å². The van der Waals surface area contributed by atoms with Crippen LogP contribution < -0.4 is 5.73 Å². The Labute approximate surface area is 183 Å². The monoisotopic (exact) mass is 412 g/mol. The molecule has 0 spiro atoms.